The first-order chi connectivity index (χ1) is 6.07. The Morgan fingerprint density at radius 2 is 1.92 bits per heavy atom. The molecule has 0 aromatic heterocycles. The van der Waals surface area contributed by atoms with E-state index in [9.17, 15) is 0 Å². The van der Waals surface area contributed by atoms with Gasteiger partial charge in [0.2, 0.25) is 0 Å². The Morgan fingerprint density at radius 3 is 2.62 bits per heavy atom. The second-order valence-corrected chi connectivity index (χ2v) is 4.91. The molecular formula is C13H17. The van der Waals surface area contributed by atoms with Crippen molar-refractivity contribution in [1.82, 2.24) is 0 Å². The van der Waals surface area contributed by atoms with E-state index in [1.54, 1.807) is 0 Å². The van der Waals surface area contributed by atoms with E-state index in [0.717, 1.165) is 0 Å². The summed E-state index contributed by atoms with van der Waals surface area (Å²) in [5, 5.41) is 0. The normalized spacial score (nSPS) is 15.9. The average molecular weight is 173 g/mol. The van der Waals surface area contributed by atoms with Crippen molar-refractivity contribution in [1.29, 1.82) is 0 Å². The number of hydrogen-bond donors (Lipinski definition) is 0. The molecule has 0 nitrogen and oxygen atoms in total. The maximum absolute atomic E-state index is 2.35. The summed E-state index contributed by atoms with van der Waals surface area (Å²) < 4.78 is 0. The Labute approximate surface area is 81.0 Å². The SMILES string of the molecule is CC(C)(C)c1ccc2c(c1)[CH]CC2. The van der Waals surface area contributed by atoms with Crippen LogP contribution in [0.2, 0.25) is 0 Å². The third kappa shape index (κ3) is 1.63. The molecule has 0 aliphatic heterocycles. The fourth-order valence-electron chi connectivity index (χ4n) is 1.86. The summed E-state index contributed by atoms with van der Waals surface area (Å²) in [5.41, 5.74) is 4.72. The minimum absolute atomic E-state index is 0.283. The molecule has 1 aliphatic carbocycles. The van der Waals surface area contributed by atoms with Gasteiger partial charge < -0.3 is 0 Å². The van der Waals surface area contributed by atoms with Crippen molar-refractivity contribution in [3.63, 3.8) is 0 Å². The fourth-order valence-corrected chi connectivity index (χ4v) is 1.86. The van der Waals surface area contributed by atoms with E-state index in [1.807, 2.05) is 0 Å². The second kappa shape index (κ2) is 2.87. The Balaban J connectivity index is 2.42. The Kier molecular flexibility index (Phi) is 1.94. The van der Waals surface area contributed by atoms with E-state index < -0.39 is 0 Å². The zero-order valence-corrected chi connectivity index (χ0v) is 8.72. The third-order valence-electron chi connectivity index (χ3n) is 2.79. The molecule has 69 valence electrons. The van der Waals surface area contributed by atoms with Crippen LogP contribution in [-0.4, -0.2) is 0 Å². The molecule has 0 N–H and O–H groups in total. The lowest BCUT2D eigenvalue weighted by molar-refractivity contribution is 0.590. The third-order valence-corrected chi connectivity index (χ3v) is 2.79. The van der Waals surface area contributed by atoms with Crippen molar-refractivity contribution in [2.75, 3.05) is 0 Å². The predicted octanol–water partition coefficient (Wildman–Crippen LogP) is 3.48. The molecule has 0 bridgehead atoms. The van der Waals surface area contributed by atoms with Gasteiger partial charge in [-0.2, -0.15) is 0 Å². The van der Waals surface area contributed by atoms with Gasteiger partial charge in [-0.3, -0.25) is 0 Å². The van der Waals surface area contributed by atoms with Gasteiger partial charge in [-0.1, -0.05) is 39.0 Å². The van der Waals surface area contributed by atoms with Crippen molar-refractivity contribution in [2.24, 2.45) is 0 Å². The Morgan fingerprint density at radius 1 is 1.15 bits per heavy atom. The average Bonchev–Trinajstić information content (AvgIpc) is 2.47. The van der Waals surface area contributed by atoms with Gasteiger partial charge in [-0.05, 0) is 41.4 Å². The lowest BCUT2D eigenvalue weighted by Crippen LogP contribution is -2.11. The van der Waals surface area contributed by atoms with Gasteiger partial charge in [-0.25, -0.2) is 0 Å². The van der Waals surface area contributed by atoms with Gasteiger partial charge in [0.15, 0.2) is 0 Å². The van der Waals surface area contributed by atoms with Crippen LogP contribution in [0.3, 0.4) is 0 Å². The summed E-state index contributed by atoms with van der Waals surface area (Å²) in [6.07, 6.45) is 4.81. The summed E-state index contributed by atoms with van der Waals surface area (Å²) in [5.74, 6) is 0. The fraction of sp³-hybridized carbons (Fsp3) is 0.462. The van der Waals surface area contributed by atoms with Crippen molar-refractivity contribution >= 4 is 0 Å². The van der Waals surface area contributed by atoms with E-state index in [-0.39, 0.29) is 5.41 Å². The van der Waals surface area contributed by atoms with Crippen LogP contribution in [0.15, 0.2) is 18.2 Å². The quantitative estimate of drug-likeness (QED) is 0.563. The van der Waals surface area contributed by atoms with E-state index in [1.165, 1.54) is 29.5 Å². The lowest BCUT2D eigenvalue weighted by Gasteiger charge is -2.19. The summed E-state index contributed by atoms with van der Waals surface area (Å²) >= 11 is 0. The second-order valence-electron chi connectivity index (χ2n) is 4.91. The van der Waals surface area contributed by atoms with Crippen molar-refractivity contribution in [2.45, 2.75) is 39.0 Å². The molecule has 1 aliphatic rings. The highest BCUT2D eigenvalue weighted by molar-refractivity contribution is 5.42. The standard InChI is InChI=1S/C13H17/c1-13(2,3)12-8-7-10-5-4-6-11(10)9-12/h6-9H,4-5H2,1-3H3. The van der Waals surface area contributed by atoms with Gasteiger partial charge >= 0.3 is 0 Å². The molecule has 0 heteroatoms. The smallest absolute Gasteiger partial charge is 0.00869 e. The van der Waals surface area contributed by atoms with Crippen LogP contribution in [0, 0.1) is 6.42 Å². The number of rotatable bonds is 0. The lowest BCUT2D eigenvalue weighted by atomic mass is 9.85. The molecule has 13 heavy (non-hydrogen) atoms. The van der Waals surface area contributed by atoms with E-state index >= 15 is 0 Å². The van der Waals surface area contributed by atoms with Crippen LogP contribution in [0.25, 0.3) is 0 Å². The van der Waals surface area contributed by atoms with Gasteiger partial charge in [0.1, 0.15) is 0 Å². The van der Waals surface area contributed by atoms with Gasteiger partial charge in [0, 0.05) is 0 Å². The van der Waals surface area contributed by atoms with Gasteiger partial charge in [0.25, 0.3) is 0 Å². The Bertz CT molecular complexity index is 315. The number of benzene rings is 1. The van der Waals surface area contributed by atoms with E-state index in [0.29, 0.717) is 0 Å². The highest BCUT2D eigenvalue weighted by Crippen LogP contribution is 2.29. The van der Waals surface area contributed by atoms with Crippen LogP contribution >= 0.6 is 0 Å². The number of aryl methyl sites for hydroxylation is 1. The number of hydrogen-bond acceptors (Lipinski definition) is 0. The first-order valence-corrected chi connectivity index (χ1v) is 5.04. The highest BCUT2D eigenvalue weighted by Gasteiger charge is 2.17. The molecule has 0 saturated heterocycles. The van der Waals surface area contributed by atoms with Gasteiger partial charge in [0.05, 0.1) is 0 Å². The highest BCUT2D eigenvalue weighted by atomic mass is 14.2. The van der Waals surface area contributed by atoms with Crippen LogP contribution in [0.4, 0.5) is 0 Å². The summed E-state index contributed by atoms with van der Waals surface area (Å²) in [6.45, 7) is 6.80. The zero-order valence-electron chi connectivity index (χ0n) is 8.72. The van der Waals surface area contributed by atoms with Crippen LogP contribution in [0.5, 0.6) is 0 Å². The van der Waals surface area contributed by atoms with Crippen molar-refractivity contribution in [3.8, 4) is 0 Å². The van der Waals surface area contributed by atoms with E-state index in [4.69, 9.17) is 0 Å². The number of fused-ring (bicyclic) bond motifs is 1. The minimum atomic E-state index is 0.283. The molecule has 0 unspecified atom stereocenters. The van der Waals surface area contributed by atoms with Crippen LogP contribution in [-0.2, 0) is 11.8 Å². The molecule has 1 aromatic rings. The predicted molar refractivity (Wildman–Crippen MR) is 56.9 cm³/mol. The molecule has 0 heterocycles. The first-order valence-electron chi connectivity index (χ1n) is 5.04. The van der Waals surface area contributed by atoms with Crippen molar-refractivity contribution in [3.05, 3.63) is 41.3 Å². The summed E-state index contributed by atoms with van der Waals surface area (Å²) in [6, 6.07) is 6.92. The molecule has 0 saturated carbocycles. The zero-order chi connectivity index (χ0) is 9.47. The molecule has 0 amide bonds. The Hall–Kier alpha value is -0.780. The largest absolute Gasteiger partial charge is 0.0585 e. The topological polar surface area (TPSA) is 0 Å². The molecule has 1 aromatic carbocycles. The minimum Gasteiger partial charge on any atom is -0.0585 e. The van der Waals surface area contributed by atoms with E-state index in [2.05, 4.69) is 45.4 Å². The van der Waals surface area contributed by atoms with Crippen LogP contribution < -0.4 is 0 Å². The molecule has 1 radical (unpaired) electrons. The maximum Gasteiger partial charge on any atom is -0.00869 e. The molecule has 2 rings (SSSR count). The molecule has 0 atom stereocenters. The monoisotopic (exact) mass is 173 g/mol. The summed E-state index contributed by atoms with van der Waals surface area (Å²) in [7, 11) is 0. The molecule has 0 fully saturated rings. The molecular weight excluding hydrogens is 156 g/mol. The van der Waals surface area contributed by atoms with Crippen molar-refractivity contribution < 1.29 is 0 Å². The molecule has 0 spiro atoms. The summed E-state index contributed by atoms with van der Waals surface area (Å²) in [4.78, 5) is 0. The first kappa shape index (κ1) is 8.80. The maximum atomic E-state index is 2.35. The van der Waals surface area contributed by atoms with Crippen LogP contribution in [0.1, 0.15) is 43.9 Å². The van der Waals surface area contributed by atoms with Gasteiger partial charge in [-0.15, -0.1) is 0 Å².